The van der Waals surface area contributed by atoms with Crippen molar-refractivity contribution in [3.63, 3.8) is 0 Å². The van der Waals surface area contributed by atoms with E-state index in [0.717, 1.165) is 73.1 Å². The van der Waals surface area contributed by atoms with Gasteiger partial charge in [0.2, 0.25) is 0 Å². The first-order chi connectivity index (χ1) is 14.7. The van der Waals surface area contributed by atoms with Gasteiger partial charge < -0.3 is 14.8 Å². The summed E-state index contributed by atoms with van der Waals surface area (Å²) in [5, 5.41) is 16.9. The Morgan fingerprint density at radius 3 is 2.77 bits per heavy atom. The van der Waals surface area contributed by atoms with Gasteiger partial charge in [-0.15, -0.1) is 0 Å². The molecular formula is C22H26ClN5O2. The van der Waals surface area contributed by atoms with Crippen LogP contribution in [0.25, 0.3) is 5.52 Å². The molecule has 0 aliphatic carbocycles. The Morgan fingerprint density at radius 1 is 1.13 bits per heavy atom. The van der Waals surface area contributed by atoms with Crippen molar-refractivity contribution in [1.82, 2.24) is 14.5 Å². The molecule has 0 unspecified atom stereocenters. The van der Waals surface area contributed by atoms with Gasteiger partial charge in [0.1, 0.15) is 5.75 Å². The van der Waals surface area contributed by atoms with Crippen molar-refractivity contribution in [2.24, 2.45) is 5.16 Å². The number of aromatic nitrogens is 2. The summed E-state index contributed by atoms with van der Waals surface area (Å²) >= 11 is 6.32. The summed E-state index contributed by atoms with van der Waals surface area (Å²) in [6.45, 7) is 5.88. The van der Waals surface area contributed by atoms with E-state index in [1.807, 2.05) is 36.5 Å². The molecule has 0 saturated carbocycles. The highest BCUT2D eigenvalue weighted by atomic mass is 35.5. The number of nitrogens with zero attached hydrogens (tertiary/aromatic N) is 5. The molecule has 1 N–H and O–H groups in total. The Morgan fingerprint density at radius 2 is 1.97 bits per heavy atom. The fourth-order valence-corrected chi connectivity index (χ4v) is 4.03. The number of benzene rings is 1. The van der Waals surface area contributed by atoms with E-state index in [9.17, 15) is 0 Å². The lowest BCUT2D eigenvalue weighted by Crippen LogP contribution is -2.46. The highest BCUT2D eigenvalue weighted by molar-refractivity contribution is 6.33. The molecule has 0 atom stereocenters. The number of unbranched alkanes of at least 4 members (excludes halogenated alkanes) is 1. The van der Waals surface area contributed by atoms with E-state index in [1.165, 1.54) is 6.21 Å². The smallest absolute Gasteiger partial charge is 0.123 e. The van der Waals surface area contributed by atoms with Crippen LogP contribution in [0.1, 0.15) is 18.4 Å². The summed E-state index contributed by atoms with van der Waals surface area (Å²) in [6.07, 6.45) is 6.98. The third-order valence-electron chi connectivity index (χ3n) is 5.42. The van der Waals surface area contributed by atoms with Gasteiger partial charge in [-0.2, -0.15) is 5.10 Å². The summed E-state index contributed by atoms with van der Waals surface area (Å²) in [6, 6.07) is 11.9. The molecule has 3 aromatic rings. The average Bonchev–Trinajstić information content (AvgIpc) is 3.17. The normalized spacial score (nSPS) is 15.3. The van der Waals surface area contributed by atoms with Gasteiger partial charge >= 0.3 is 0 Å². The lowest BCUT2D eigenvalue weighted by atomic mass is 10.2. The van der Waals surface area contributed by atoms with Crippen molar-refractivity contribution < 1.29 is 9.94 Å². The SMILES string of the molecule is O/N=C\c1cnn2ccc(OCCCCN3CCN(c4ccccc4Cl)CC3)cc12. The quantitative estimate of drug-likeness (QED) is 0.256. The number of hydrogen-bond acceptors (Lipinski definition) is 6. The molecule has 158 valence electrons. The fourth-order valence-electron chi connectivity index (χ4n) is 3.78. The minimum atomic E-state index is 0.674. The Bertz CT molecular complexity index is 998. The third-order valence-corrected chi connectivity index (χ3v) is 5.74. The summed E-state index contributed by atoms with van der Waals surface area (Å²) in [5.74, 6) is 0.795. The van der Waals surface area contributed by atoms with Gasteiger partial charge in [-0.25, -0.2) is 4.52 Å². The average molecular weight is 428 g/mol. The molecule has 1 aliphatic rings. The second-order valence-corrected chi connectivity index (χ2v) is 7.78. The molecule has 1 fully saturated rings. The number of hydrogen-bond donors (Lipinski definition) is 1. The maximum Gasteiger partial charge on any atom is 0.123 e. The van der Waals surface area contributed by atoms with E-state index < -0.39 is 0 Å². The fraction of sp³-hybridized carbons (Fsp3) is 0.364. The summed E-state index contributed by atoms with van der Waals surface area (Å²) < 4.78 is 7.63. The second kappa shape index (κ2) is 9.82. The van der Waals surface area contributed by atoms with E-state index in [-0.39, 0.29) is 0 Å². The van der Waals surface area contributed by atoms with Gasteiger partial charge in [0.15, 0.2) is 0 Å². The Labute approximate surface area is 181 Å². The van der Waals surface area contributed by atoms with Crippen LogP contribution in [0.2, 0.25) is 5.02 Å². The molecule has 7 nitrogen and oxygen atoms in total. The number of ether oxygens (including phenoxy) is 1. The molecule has 1 saturated heterocycles. The molecule has 4 rings (SSSR count). The number of piperazine rings is 1. The molecular weight excluding hydrogens is 402 g/mol. The number of pyridine rings is 1. The van der Waals surface area contributed by atoms with Gasteiger partial charge in [0, 0.05) is 44.0 Å². The highest BCUT2D eigenvalue weighted by Crippen LogP contribution is 2.26. The van der Waals surface area contributed by atoms with Crippen molar-refractivity contribution >= 4 is 29.0 Å². The van der Waals surface area contributed by atoms with E-state index in [4.69, 9.17) is 21.5 Å². The minimum absolute atomic E-state index is 0.674. The lowest BCUT2D eigenvalue weighted by molar-refractivity contribution is 0.238. The van der Waals surface area contributed by atoms with Gasteiger partial charge in [-0.05, 0) is 37.6 Å². The highest BCUT2D eigenvalue weighted by Gasteiger charge is 2.18. The van der Waals surface area contributed by atoms with E-state index in [1.54, 1.807) is 10.7 Å². The summed E-state index contributed by atoms with van der Waals surface area (Å²) in [7, 11) is 0. The van der Waals surface area contributed by atoms with Crippen molar-refractivity contribution in [2.75, 3.05) is 44.2 Å². The molecule has 30 heavy (non-hydrogen) atoms. The van der Waals surface area contributed by atoms with Gasteiger partial charge in [0.05, 0.1) is 35.2 Å². The minimum Gasteiger partial charge on any atom is -0.493 e. The molecule has 1 aromatic carbocycles. The predicted molar refractivity (Wildman–Crippen MR) is 119 cm³/mol. The maximum absolute atomic E-state index is 8.75. The largest absolute Gasteiger partial charge is 0.493 e. The van der Waals surface area contributed by atoms with Crippen LogP contribution in [-0.4, -0.2) is 65.3 Å². The molecule has 3 heterocycles. The number of halogens is 1. The zero-order valence-corrected chi connectivity index (χ0v) is 17.6. The van der Waals surface area contributed by atoms with Crippen LogP contribution >= 0.6 is 11.6 Å². The Kier molecular flexibility index (Phi) is 6.71. The topological polar surface area (TPSA) is 65.6 Å². The number of para-hydroxylation sites is 1. The Hall–Kier alpha value is -2.77. The summed E-state index contributed by atoms with van der Waals surface area (Å²) in [5.41, 5.74) is 2.73. The predicted octanol–water partition coefficient (Wildman–Crippen LogP) is 3.78. The van der Waals surface area contributed by atoms with Crippen LogP contribution in [0, 0.1) is 0 Å². The van der Waals surface area contributed by atoms with Crippen LogP contribution in [0.4, 0.5) is 5.69 Å². The molecule has 8 heteroatoms. The Balaban J connectivity index is 1.18. The molecule has 0 spiro atoms. The summed E-state index contributed by atoms with van der Waals surface area (Å²) in [4.78, 5) is 4.87. The van der Waals surface area contributed by atoms with Gasteiger partial charge in [-0.1, -0.05) is 28.9 Å². The lowest BCUT2D eigenvalue weighted by Gasteiger charge is -2.36. The van der Waals surface area contributed by atoms with E-state index in [2.05, 4.69) is 26.1 Å². The van der Waals surface area contributed by atoms with Gasteiger partial charge in [0.25, 0.3) is 0 Å². The van der Waals surface area contributed by atoms with Crippen LogP contribution in [-0.2, 0) is 0 Å². The first-order valence-corrected chi connectivity index (χ1v) is 10.6. The first kappa shape index (κ1) is 20.5. The second-order valence-electron chi connectivity index (χ2n) is 7.37. The van der Waals surface area contributed by atoms with Gasteiger partial charge in [-0.3, -0.25) is 4.90 Å². The van der Waals surface area contributed by atoms with E-state index in [0.29, 0.717) is 6.61 Å². The van der Waals surface area contributed by atoms with Crippen molar-refractivity contribution in [3.05, 3.63) is 59.4 Å². The van der Waals surface area contributed by atoms with Crippen LogP contribution in [0.5, 0.6) is 5.75 Å². The zero-order chi connectivity index (χ0) is 20.8. The molecule has 1 aliphatic heterocycles. The molecule has 0 radical (unpaired) electrons. The number of oxime groups is 1. The first-order valence-electron chi connectivity index (χ1n) is 10.2. The third kappa shape index (κ3) is 4.86. The zero-order valence-electron chi connectivity index (χ0n) is 16.8. The van der Waals surface area contributed by atoms with Crippen LogP contribution in [0.15, 0.2) is 53.9 Å². The van der Waals surface area contributed by atoms with E-state index >= 15 is 0 Å². The number of rotatable bonds is 8. The molecule has 0 bridgehead atoms. The molecule has 0 amide bonds. The van der Waals surface area contributed by atoms with Crippen LogP contribution < -0.4 is 9.64 Å². The monoisotopic (exact) mass is 427 g/mol. The van der Waals surface area contributed by atoms with Crippen molar-refractivity contribution in [3.8, 4) is 5.75 Å². The van der Waals surface area contributed by atoms with Crippen molar-refractivity contribution in [2.45, 2.75) is 12.8 Å². The molecule has 2 aromatic heterocycles. The standard InChI is InChI=1S/C22H26ClN5O2/c23-20-5-1-2-6-21(20)27-12-10-26(11-13-27)8-3-4-14-30-19-7-9-28-22(15-19)18(16-24-28)17-25-29/h1-2,5-7,9,15-17,29H,3-4,8,10-14H2/b25-17-. The number of fused-ring (bicyclic) bond motifs is 1. The number of anilines is 1. The maximum atomic E-state index is 8.75. The van der Waals surface area contributed by atoms with Crippen molar-refractivity contribution in [1.29, 1.82) is 0 Å². The van der Waals surface area contributed by atoms with Crippen LogP contribution in [0.3, 0.4) is 0 Å².